The van der Waals surface area contributed by atoms with E-state index in [0.717, 1.165) is 25.7 Å². The van der Waals surface area contributed by atoms with Gasteiger partial charge in [-0.25, -0.2) is 8.42 Å². The number of carbonyl (C=O) groups excluding carboxylic acids is 2. The highest BCUT2D eigenvalue weighted by Gasteiger charge is 2.30. The van der Waals surface area contributed by atoms with Gasteiger partial charge in [-0.05, 0) is 45.4 Å². The van der Waals surface area contributed by atoms with Crippen molar-refractivity contribution in [1.82, 2.24) is 9.80 Å². The molecule has 0 spiro atoms. The molecular weight excluding hydrogens is 404 g/mol. The Kier molecular flexibility index (Phi) is 12.1. The van der Waals surface area contributed by atoms with Crippen molar-refractivity contribution in [2.45, 2.75) is 45.6 Å². The Balaban J connectivity index is 0.000000295. The first-order valence-electron chi connectivity index (χ1n) is 9.85. The van der Waals surface area contributed by atoms with Gasteiger partial charge in [0.1, 0.15) is 21.6 Å². The van der Waals surface area contributed by atoms with Crippen LogP contribution in [0.3, 0.4) is 0 Å². The molecule has 1 N–H and O–H groups in total. The van der Waals surface area contributed by atoms with Crippen LogP contribution in [-0.4, -0.2) is 91.3 Å². The van der Waals surface area contributed by atoms with Crippen LogP contribution in [0.15, 0.2) is 0 Å². The van der Waals surface area contributed by atoms with Crippen LogP contribution in [0, 0.1) is 5.92 Å². The Hall–Kier alpha value is -0.840. The van der Waals surface area contributed by atoms with E-state index in [1.807, 2.05) is 13.8 Å². The summed E-state index contributed by atoms with van der Waals surface area (Å²) in [6.07, 6.45) is 4.28. The van der Waals surface area contributed by atoms with Crippen molar-refractivity contribution in [3.63, 3.8) is 0 Å². The molecule has 1 heterocycles. The molecular formula is C18H34N2O6S2. The number of likely N-dealkylation sites (tertiary alicyclic amines) is 1. The SMILES string of the molecule is CCN(CC)C(=O)S(=O)CCO.COC1CCN(C(=O)S(=O)CC2CC2)CC1. The third kappa shape index (κ3) is 8.67. The van der Waals surface area contributed by atoms with Crippen molar-refractivity contribution in [3.05, 3.63) is 0 Å². The molecule has 2 aliphatic rings. The second-order valence-electron chi connectivity index (χ2n) is 6.86. The molecule has 0 bridgehead atoms. The van der Waals surface area contributed by atoms with Crippen molar-refractivity contribution in [1.29, 1.82) is 0 Å². The summed E-state index contributed by atoms with van der Waals surface area (Å²) >= 11 is 0. The van der Waals surface area contributed by atoms with E-state index in [-0.39, 0.29) is 28.9 Å². The summed E-state index contributed by atoms with van der Waals surface area (Å²) in [5.74, 6) is 1.15. The highest BCUT2D eigenvalue weighted by Crippen LogP contribution is 2.30. The van der Waals surface area contributed by atoms with E-state index in [9.17, 15) is 18.0 Å². The molecule has 2 amide bonds. The van der Waals surface area contributed by atoms with Gasteiger partial charge in [0, 0.05) is 39.0 Å². The minimum Gasteiger partial charge on any atom is -0.395 e. The summed E-state index contributed by atoms with van der Waals surface area (Å²) in [5.41, 5.74) is 0. The van der Waals surface area contributed by atoms with E-state index in [1.54, 1.807) is 12.0 Å². The van der Waals surface area contributed by atoms with Gasteiger partial charge in [0.05, 0.1) is 18.5 Å². The zero-order valence-electron chi connectivity index (χ0n) is 17.1. The summed E-state index contributed by atoms with van der Waals surface area (Å²) in [7, 11) is -1.15. The molecule has 2 unspecified atom stereocenters. The fraction of sp³-hybridized carbons (Fsp3) is 0.889. The molecule has 2 fully saturated rings. The second-order valence-corrected chi connectivity index (χ2v) is 9.68. The van der Waals surface area contributed by atoms with Gasteiger partial charge < -0.3 is 19.6 Å². The lowest BCUT2D eigenvalue weighted by Gasteiger charge is -2.30. The smallest absolute Gasteiger partial charge is 0.311 e. The van der Waals surface area contributed by atoms with Gasteiger partial charge in [0.2, 0.25) is 0 Å². The van der Waals surface area contributed by atoms with E-state index < -0.39 is 21.6 Å². The number of carbonyl (C=O) groups is 2. The Labute approximate surface area is 172 Å². The third-order valence-electron chi connectivity index (χ3n) is 4.81. The topological polar surface area (TPSA) is 104 Å². The van der Waals surface area contributed by atoms with Gasteiger partial charge in [-0.15, -0.1) is 0 Å². The number of aliphatic hydroxyl groups excluding tert-OH is 1. The monoisotopic (exact) mass is 438 g/mol. The fourth-order valence-electron chi connectivity index (χ4n) is 2.78. The molecule has 1 aliphatic heterocycles. The van der Waals surface area contributed by atoms with E-state index in [4.69, 9.17) is 9.84 Å². The average Bonchev–Trinajstić information content (AvgIpc) is 3.53. The Morgan fingerprint density at radius 3 is 2.07 bits per heavy atom. The van der Waals surface area contributed by atoms with Crippen LogP contribution in [-0.2, 0) is 26.3 Å². The van der Waals surface area contributed by atoms with Crippen LogP contribution in [0.1, 0.15) is 39.5 Å². The standard InChI is InChI=1S/C11H19NO3S.C7H15NO3S/c1-15-10-4-6-12(7-5-10)11(13)16(14)8-9-2-3-9;1-3-8(4-2)7(10)12(11)6-5-9/h9-10H,2-8H2,1H3;9H,3-6H2,1-2H3. The molecule has 0 aromatic rings. The first-order valence-corrected chi connectivity index (χ1v) is 12.5. The zero-order valence-corrected chi connectivity index (χ0v) is 18.8. The van der Waals surface area contributed by atoms with Crippen molar-refractivity contribution < 1.29 is 27.9 Å². The van der Waals surface area contributed by atoms with Gasteiger partial charge in [-0.3, -0.25) is 9.59 Å². The Morgan fingerprint density at radius 1 is 1.07 bits per heavy atom. The van der Waals surface area contributed by atoms with Crippen LogP contribution < -0.4 is 0 Å². The number of amides is 2. The maximum absolute atomic E-state index is 11.8. The fourth-order valence-corrected chi connectivity index (χ4v) is 5.05. The number of aliphatic hydroxyl groups is 1. The van der Waals surface area contributed by atoms with Crippen molar-refractivity contribution in [3.8, 4) is 0 Å². The third-order valence-corrected chi connectivity index (χ3v) is 7.43. The van der Waals surface area contributed by atoms with E-state index in [1.165, 1.54) is 4.90 Å². The molecule has 1 saturated carbocycles. The number of nitrogens with zero attached hydrogens (tertiary/aromatic N) is 2. The number of hydrogen-bond acceptors (Lipinski definition) is 6. The molecule has 0 aromatic heterocycles. The van der Waals surface area contributed by atoms with Crippen molar-refractivity contribution >= 4 is 32.1 Å². The normalized spacial score (nSPS) is 19.4. The molecule has 10 heteroatoms. The van der Waals surface area contributed by atoms with Crippen LogP contribution in [0.25, 0.3) is 0 Å². The average molecular weight is 439 g/mol. The highest BCUT2D eigenvalue weighted by atomic mass is 32.2. The van der Waals surface area contributed by atoms with Crippen LogP contribution >= 0.6 is 0 Å². The Bertz CT molecular complexity index is 544. The molecule has 2 rings (SSSR count). The predicted octanol–water partition coefficient (Wildman–Crippen LogP) is 1.57. The molecule has 8 nitrogen and oxygen atoms in total. The Morgan fingerprint density at radius 2 is 1.64 bits per heavy atom. The van der Waals surface area contributed by atoms with E-state index >= 15 is 0 Å². The molecule has 0 aromatic carbocycles. The van der Waals surface area contributed by atoms with Crippen molar-refractivity contribution in [2.24, 2.45) is 5.92 Å². The number of rotatable bonds is 7. The molecule has 1 aliphatic carbocycles. The molecule has 0 radical (unpaired) electrons. The summed E-state index contributed by atoms with van der Waals surface area (Å²) in [5, 5.41) is 7.90. The predicted molar refractivity (Wildman–Crippen MR) is 111 cm³/mol. The maximum Gasteiger partial charge on any atom is 0.311 e. The van der Waals surface area contributed by atoms with Gasteiger partial charge in [-0.2, -0.15) is 0 Å². The van der Waals surface area contributed by atoms with Crippen LogP contribution in [0.4, 0.5) is 9.59 Å². The lowest BCUT2D eigenvalue weighted by atomic mass is 10.1. The summed E-state index contributed by atoms with van der Waals surface area (Å²) in [6.45, 7) is 5.95. The van der Waals surface area contributed by atoms with Gasteiger partial charge in [0.25, 0.3) is 0 Å². The first-order chi connectivity index (χ1) is 13.4. The number of hydrogen-bond donors (Lipinski definition) is 1. The molecule has 164 valence electrons. The second kappa shape index (κ2) is 13.4. The molecule has 1 saturated heterocycles. The summed E-state index contributed by atoms with van der Waals surface area (Å²) < 4.78 is 28.0. The quantitative estimate of drug-likeness (QED) is 0.647. The highest BCUT2D eigenvalue weighted by molar-refractivity contribution is 8.00. The number of piperidine rings is 1. The molecule has 2 atom stereocenters. The summed E-state index contributed by atoms with van der Waals surface area (Å²) in [6, 6.07) is 0. The zero-order chi connectivity index (χ0) is 21.1. The van der Waals surface area contributed by atoms with E-state index in [2.05, 4.69) is 0 Å². The number of methoxy groups -OCH3 is 1. The summed E-state index contributed by atoms with van der Waals surface area (Å²) in [4.78, 5) is 26.3. The number of ether oxygens (including phenoxy) is 1. The molecule has 28 heavy (non-hydrogen) atoms. The lowest BCUT2D eigenvalue weighted by Crippen LogP contribution is -2.42. The van der Waals surface area contributed by atoms with Crippen LogP contribution in [0.5, 0.6) is 0 Å². The van der Waals surface area contributed by atoms with Gasteiger partial charge in [-0.1, -0.05) is 0 Å². The van der Waals surface area contributed by atoms with Crippen LogP contribution in [0.2, 0.25) is 0 Å². The largest absolute Gasteiger partial charge is 0.395 e. The minimum absolute atomic E-state index is 0.0370. The maximum atomic E-state index is 11.8. The van der Waals surface area contributed by atoms with Gasteiger partial charge >= 0.3 is 10.5 Å². The van der Waals surface area contributed by atoms with Gasteiger partial charge in [0.15, 0.2) is 0 Å². The lowest BCUT2D eigenvalue weighted by molar-refractivity contribution is 0.0535. The van der Waals surface area contributed by atoms with E-state index in [0.29, 0.717) is 37.8 Å². The van der Waals surface area contributed by atoms with Crippen molar-refractivity contribution in [2.75, 3.05) is 51.4 Å². The first kappa shape index (κ1) is 25.2. The minimum atomic E-state index is -1.56.